The molecular formula is C21H25N5O3. The van der Waals surface area contributed by atoms with Crippen LogP contribution in [0.4, 0.5) is 0 Å². The smallest absolute Gasteiger partial charge is 0.341 e. The first-order valence-electron chi connectivity index (χ1n) is 9.89. The van der Waals surface area contributed by atoms with Gasteiger partial charge in [-0.05, 0) is 43.9 Å². The number of nitrogens with zero attached hydrogens (tertiary/aromatic N) is 3. The van der Waals surface area contributed by atoms with Crippen molar-refractivity contribution in [2.75, 3.05) is 13.1 Å². The molecule has 1 aliphatic rings. The van der Waals surface area contributed by atoms with Gasteiger partial charge < -0.3 is 9.73 Å². The maximum Gasteiger partial charge on any atom is 0.341 e. The highest BCUT2D eigenvalue weighted by molar-refractivity contribution is 5.84. The predicted octanol–water partition coefficient (Wildman–Crippen LogP) is 1.85. The number of H-pyrrole nitrogens is 1. The van der Waals surface area contributed by atoms with Gasteiger partial charge in [0.05, 0.1) is 17.4 Å². The van der Waals surface area contributed by atoms with Gasteiger partial charge in [0.15, 0.2) is 0 Å². The number of nitrogens with one attached hydrogen (secondary N) is 2. The van der Waals surface area contributed by atoms with Crippen LogP contribution in [0.2, 0.25) is 0 Å². The zero-order chi connectivity index (χ0) is 20.4. The molecule has 0 spiro atoms. The van der Waals surface area contributed by atoms with E-state index < -0.39 is 5.63 Å². The highest BCUT2D eigenvalue weighted by Crippen LogP contribution is 2.21. The van der Waals surface area contributed by atoms with Gasteiger partial charge in [0.1, 0.15) is 0 Å². The number of aromatic nitrogens is 3. The van der Waals surface area contributed by atoms with Crippen molar-refractivity contribution >= 4 is 17.0 Å². The van der Waals surface area contributed by atoms with Crippen molar-refractivity contribution < 1.29 is 9.21 Å². The van der Waals surface area contributed by atoms with Crippen LogP contribution in [0.25, 0.3) is 11.1 Å². The van der Waals surface area contributed by atoms with E-state index >= 15 is 0 Å². The third-order valence-corrected chi connectivity index (χ3v) is 5.60. The number of pyridine rings is 1. The number of aromatic amines is 1. The Balaban J connectivity index is 1.35. The summed E-state index contributed by atoms with van der Waals surface area (Å²) in [5, 5.41) is 10.7. The maximum atomic E-state index is 12.6. The fraction of sp³-hybridized carbons (Fsp3) is 0.429. The Labute approximate surface area is 168 Å². The highest BCUT2D eigenvalue weighted by Gasteiger charge is 2.23. The minimum Gasteiger partial charge on any atom is -0.402 e. The van der Waals surface area contributed by atoms with Gasteiger partial charge in [0.25, 0.3) is 0 Å². The summed E-state index contributed by atoms with van der Waals surface area (Å²) in [6, 6.07) is 4.15. The normalized spacial score (nSPS) is 15.7. The Morgan fingerprint density at radius 2 is 2.14 bits per heavy atom. The van der Waals surface area contributed by atoms with Gasteiger partial charge in [-0.3, -0.25) is 19.8 Å². The molecule has 2 N–H and O–H groups in total. The summed E-state index contributed by atoms with van der Waals surface area (Å²) >= 11 is 0. The molecule has 1 aliphatic heterocycles. The van der Waals surface area contributed by atoms with Gasteiger partial charge in [0.2, 0.25) is 11.6 Å². The molecule has 4 heterocycles. The molecule has 0 unspecified atom stereocenters. The topological polar surface area (TPSA) is 104 Å². The lowest BCUT2D eigenvalue weighted by Gasteiger charge is -2.32. The number of hydrogen-bond donors (Lipinski definition) is 2. The van der Waals surface area contributed by atoms with Gasteiger partial charge in [-0.15, -0.1) is 5.10 Å². The molecule has 152 valence electrons. The molecule has 0 bridgehead atoms. The first kappa shape index (κ1) is 19.3. The van der Waals surface area contributed by atoms with Crippen LogP contribution >= 0.6 is 0 Å². The number of amides is 1. The van der Waals surface area contributed by atoms with Crippen molar-refractivity contribution in [1.82, 2.24) is 25.4 Å². The molecule has 8 nitrogen and oxygen atoms in total. The van der Waals surface area contributed by atoms with Crippen LogP contribution in [0.3, 0.4) is 0 Å². The van der Waals surface area contributed by atoms with Gasteiger partial charge in [0, 0.05) is 43.8 Å². The van der Waals surface area contributed by atoms with Gasteiger partial charge in [-0.25, -0.2) is 4.79 Å². The number of aryl methyl sites for hydroxylation is 2. The predicted molar refractivity (Wildman–Crippen MR) is 108 cm³/mol. The molecule has 8 heteroatoms. The fourth-order valence-corrected chi connectivity index (χ4v) is 4.00. The first-order valence-corrected chi connectivity index (χ1v) is 9.89. The van der Waals surface area contributed by atoms with Crippen molar-refractivity contribution in [3.63, 3.8) is 0 Å². The summed E-state index contributed by atoms with van der Waals surface area (Å²) in [6.45, 7) is 6.41. The van der Waals surface area contributed by atoms with E-state index in [2.05, 4.69) is 31.5 Å². The second-order valence-electron chi connectivity index (χ2n) is 7.68. The summed E-state index contributed by atoms with van der Waals surface area (Å²) in [5.74, 6) is -0.147. The largest absolute Gasteiger partial charge is 0.402 e. The second kappa shape index (κ2) is 8.16. The van der Waals surface area contributed by atoms with Crippen LogP contribution in [0.1, 0.15) is 35.2 Å². The van der Waals surface area contributed by atoms with Gasteiger partial charge >= 0.3 is 5.63 Å². The third-order valence-electron chi connectivity index (χ3n) is 5.60. The number of fused-ring (bicyclic) bond motifs is 1. The molecule has 0 aliphatic carbocycles. The number of carbonyl (C=O) groups excluding carboxylic acids is 1. The van der Waals surface area contributed by atoms with Crippen molar-refractivity contribution in [2.24, 2.45) is 0 Å². The van der Waals surface area contributed by atoms with E-state index in [1.54, 1.807) is 6.20 Å². The molecule has 0 aromatic carbocycles. The highest BCUT2D eigenvalue weighted by atomic mass is 16.4. The first-order chi connectivity index (χ1) is 14.0. The second-order valence-corrected chi connectivity index (χ2v) is 7.68. The zero-order valence-electron chi connectivity index (χ0n) is 16.7. The van der Waals surface area contributed by atoms with Crippen LogP contribution < -0.4 is 10.9 Å². The van der Waals surface area contributed by atoms with Gasteiger partial charge in [-0.1, -0.05) is 6.07 Å². The molecule has 3 aromatic rings. The number of piperidine rings is 1. The summed E-state index contributed by atoms with van der Waals surface area (Å²) in [6.07, 6.45) is 5.46. The van der Waals surface area contributed by atoms with Crippen molar-refractivity contribution in [3.05, 3.63) is 57.3 Å². The SMILES string of the molecule is Cc1[nH]nc2oc(=O)c(CC(=O)NC3CCN(Cc4cccnc4)CC3)c(C)c12. The molecule has 4 rings (SSSR count). The number of likely N-dealkylation sites (tertiary alicyclic amines) is 1. The monoisotopic (exact) mass is 395 g/mol. The Morgan fingerprint density at radius 3 is 2.86 bits per heavy atom. The van der Waals surface area contributed by atoms with Crippen molar-refractivity contribution in [3.8, 4) is 0 Å². The van der Waals surface area contributed by atoms with Gasteiger partial charge in [-0.2, -0.15) is 0 Å². The third kappa shape index (κ3) is 4.22. The van der Waals surface area contributed by atoms with E-state index in [9.17, 15) is 9.59 Å². The zero-order valence-corrected chi connectivity index (χ0v) is 16.7. The van der Waals surface area contributed by atoms with Crippen molar-refractivity contribution in [1.29, 1.82) is 0 Å². The fourth-order valence-electron chi connectivity index (χ4n) is 4.00. The van der Waals surface area contributed by atoms with E-state index in [4.69, 9.17) is 4.42 Å². The van der Waals surface area contributed by atoms with Crippen molar-refractivity contribution in [2.45, 2.75) is 45.7 Å². The molecule has 1 fully saturated rings. The molecule has 1 amide bonds. The van der Waals surface area contributed by atoms with E-state index in [-0.39, 0.29) is 24.1 Å². The molecule has 1 saturated heterocycles. The number of rotatable bonds is 5. The Bertz CT molecular complexity index is 1070. The molecule has 29 heavy (non-hydrogen) atoms. The van der Waals surface area contributed by atoms with Crippen LogP contribution in [0.15, 0.2) is 33.7 Å². The Kier molecular flexibility index (Phi) is 5.44. The standard InChI is InChI=1S/C21H25N5O3/c1-13-17(21(28)29-20-19(13)14(2)24-25-20)10-18(27)23-16-5-8-26(9-6-16)12-15-4-3-7-22-11-15/h3-4,7,11,16H,5-6,8-10,12H2,1-2H3,(H,23,27)(H,24,25). The number of carbonyl (C=O) groups is 1. The summed E-state index contributed by atoms with van der Waals surface area (Å²) in [4.78, 5) is 31.4. The summed E-state index contributed by atoms with van der Waals surface area (Å²) < 4.78 is 5.27. The lowest BCUT2D eigenvalue weighted by atomic mass is 10.0. The van der Waals surface area contributed by atoms with E-state index in [1.807, 2.05) is 26.1 Å². The Hall–Kier alpha value is -3.00. The van der Waals surface area contributed by atoms with Crippen LogP contribution in [-0.2, 0) is 17.8 Å². The average Bonchev–Trinajstić information content (AvgIpc) is 3.08. The quantitative estimate of drug-likeness (QED) is 0.683. The van der Waals surface area contributed by atoms with Crippen LogP contribution in [0, 0.1) is 13.8 Å². The van der Waals surface area contributed by atoms with Crippen LogP contribution in [-0.4, -0.2) is 45.1 Å². The molecule has 0 saturated carbocycles. The van der Waals surface area contributed by atoms with E-state index in [0.717, 1.165) is 49.1 Å². The Morgan fingerprint density at radius 1 is 1.34 bits per heavy atom. The molecule has 0 radical (unpaired) electrons. The molecule has 3 aromatic heterocycles. The molecular weight excluding hydrogens is 370 g/mol. The average molecular weight is 395 g/mol. The lowest BCUT2D eigenvalue weighted by molar-refractivity contribution is -0.121. The minimum atomic E-state index is -0.497. The van der Waals surface area contributed by atoms with Crippen LogP contribution in [0.5, 0.6) is 0 Å². The molecule has 0 atom stereocenters. The summed E-state index contributed by atoms with van der Waals surface area (Å²) in [7, 11) is 0. The minimum absolute atomic E-state index is 0.0185. The summed E-state index contributed by atoms with van der Waals surface area (Å²) in [5.41, 5.74) is 2.96. The number of hydrogen-bond acceptors (Lipinski definition) is 6. The van der Waals surface area contributed by atoms with E-state index in [1.165, 1.54) is 5.56 Å². The maximum absolute atomic E-state index is 12.6. The van der Waals surface area contributed by atoms with E-state index in [0.29, 0.717) is 5.56 Å². The lowest BCUT2D eigenvalue weighted by Crippen LogP contribution is -2.45.